The lowest BCUT2D eigenvalue weighted by molar-refractivity contribution is -0.148. The molecule has 35 heavy (non-hydrogen) atoms. The zero-order valence-corrected chi connectivity index (χ0v) is 21.2. The van der Waals surface area contributed by atoms with Crippen LogP contribution in [0.1, 0.15) is 36.1 Å². The largest absolute Gasteiger partial charge is 0.300 e. The van der Waals surface area contributed by atoms with E-state index < -0.39 is 45.3 Å². The molecule has 1 aromatic heterocycles. The van der Waals surface area contributed by atoms with Crippen LogP contribution in [0.5, 0.6) is 0 Å². The van der Waals surface area contributed by atoms with Crippen molar-refractivity contribution in [3.63, 3.8) is 0 Å². The minimum atomic E-state index is -1.27. The smallest absolute Gasteiger partial charge is 0.249 e. The molecule has 6 nitrogen and oxygen atoms in total. The lowest BCUT2D eigenvalue weighted by atomic mass is 9.54. The van der Waals surface area contributed by atoms with Gasteiger partial charge in [0.1, 0.15) is 15.8 Å². The number of hydrogen-bond acceptors (Lipinski definition) is 5. The van der Waals surface area contributed by atoms with Crippen LogP contribution in [0.25, 0.3) is 0 Å². The number of amides is 3. The fourth-order valence-electron chi connectivity index (χ4n) is 6.15. The van der Waals surface area contributed by atoms with E-state index in [1.165, 1.54) is 11.3 Å². The highest BCUT2D eigenvalue weighted by atomic mass is 35.5. The second-order valence-corrected chi connectivity index (χ2v) is 11.6. The van der Waals surface area contributed by atoms with Gasteiger partial charge in [-0.15, -0.1) is 34.5 Å². The Labute approximate surface area is 216 Å². The third kappa shape index (κ3) is 2.77. The van der Waals surface area contributed by atoms with Crippen molar-refractivity contribution < 1.29 is 14.4 Å². The maximum Gasteiger partial charge on any atom is 0.249 e. The molecule has 9 heteroatoms. The van der Waals surface area contributed by atoms with Gasteiger partial charge in [-0.2, -0.15) is 0 Å². The van der Waals surface area contributed by atoms with Gasteiger partial charge >= 0.3 is 0 Å². The fourth-order valence-corrected chi connectivity index (χ4v) is 7.78. The second-order valence-electron chi connectivity index (χ2n) is 9.53. The van der Waals surface area contributed by atoms with Gasteiger partial charge in [-0.25, -0.2) is 4.98 Å². The summed E-state index contributed by atoms with van der Waals surface area (Å²) in [5.74, 6) is -3.64. The van der Waals surface area contributed by atoms with Crippen LogP contribution in [0.15, 0.2) is 60.1 Å². The molecule has 4 aliphatic rings. The molecule has 2 bridgehead atoms. The first-order valence-corrected chi connectivity index (χ1v) is 13.0. The van der Waals surface area contributed by atoms with Crippen LogP contribution in [0, 0.1) is 17.8 Å². The molecule has 3 amide bonds. The third-order valence-electron chi connectivity index (χ3n) is 7.46. The molecule has 7 rings (SSSR count). The van der Waals surface area contributed by atoms with Gasteiger partial charge in [-0.1, -0.05) is 62.4 Å². The van der Waals surface area contributed by atoms with E-state index in [9.17, 15) is 14.4 Å². The molecule has 3 atom stereocenters. The van der Waals surface area contributed by atoms with E-state index in [1.807, 2.05) is 48.5 Å². The van der Waals surface area contributed by atoms with Crippen molar-refractivity contribution in [2.45, 2.75) is 29.6 Å². The SMILES string of the molecule is CC(C)[C@@H](C(=O)Nc1nccs1)N1C(=O)[C@@H]2[C@H](C1=O)C1(Cl)c3ccccc3C2(Cl)c2ccccc21. The van der Waals surface area contributed by atoms with Crippen molar-refractivity contribution in [3.8, 4) is 0 Å². The molecule has 1 N–H and O–H groups in total. The number of anilines is 1. The molecule has 1 aliphatic heterocycles. The van der Waals surface area contributed by atoms with Crippen LogP contribution < -0.4 is 5.32 Å². The van der Waals surface area contributed by atoms with Crippen molar-refractivity contribution in [2.75, 3.05) is 5.32 Å². The molecule has 0 radical (unpaired) electrons. The van der Waals surface area contributed by atoms with Crippen LogP contribution in [0.2, 0.25) is 0 Å². The van der Waals surface area contributed by atoms with Crippen molar-refractivity contribution in [1.82, 2.24) is 9.88 Å². The van der Waals surface area contributed by atoms with Gasteiger partial charge in [0.2, 0.25) is 17.7 Å². The molecule has 178 valence electrons. The molecule has 1 fully saturated rings. The molecule has 0 unspecified atom stereocenters. The number of hydrogen-bond donors (Lipinski definition) is 1. The van der Waals surface area contributed by atoms with Crippen molar-refractivity contribution in [1.29, 1.82) is 0 Å². The summed E-state index contributed by atoms with van der Waals surface area (Å²) in [5.41, 5.74) is 2.92. The number of carbonyl (C=O) groups excluding carboxylic acids is 3. The summed E-state index contributed by atoms with van der Waals surface area (Å²) in [5, 5.41) is 4.89. The number of nitrogens with one attached hydrogen (secondary N) is 1. The lowest BCUT2D eigenvalue weighted by Crippen LogP contribution is -2.57. The number of carbonyl (C=O) groups is 3. The van der Waals surface area contributed by atoms with E-state index in [0.717, 1.165) is 27.2 Å². The van der Waals surface area contributed by atoms with Crippen LogP contribution >= 0.6 is 34.5 Å². The molecule has 2 aromatic carbocycles. The van der Waals surface area contributed by atoms with Crippen LogP contribution in [-0.2, 0) is 24.1 Å². The molecule has 2 heterocycles. The topological polar surface area (TPSA) is 79.4 Å². The summed E-state index contributed by atoms with van der Waals surface area (Å²) < 4.78 is 0. The molecule has 1 saturated heterocycles. The van der Waals surface area contributed by atoms with Gasteiger partial charge in [0.15, 0.2) is 5.13 Å². The number of halogens is 2. The first-order chi connectivity index (χ1) is 16.7. The first-order valence-electron chi connectivity index (χ1n) is 11.4. The number of imide groups is 1. The third-order valence-corrected chi connectivity index (χ3v) is 9.43. The van der Waals surface area contributed by atoms with Crippen molar-refractivity contribution in [2.24, 2.45) is 17.8 Å². The summed E-state index contributed by atoms with van der Waals surface area (Å²) in [6.45, 7) is 3.61. The maximum absolute atomic E-state index is 14.1. The predicted molar refractivity (Wildman–Crippen MR) is 134 cm³/mol. The van der Waals surface area contributed by atoms with Gasteiger partial charge in [0, 0.05) is 11.6 Å². The van der Waals surface area contributed by atoms with Crippen molar-refractivity contribution in [3.05, 3.63) is 82.4 Å². The average molecular weight is 526 g/mol. The number of aromatic nitrogens is 1. The Morgan fingerprint density at radius 1 is 0.943 bits per heavy atom. The zero-order valence-electron chi connectivity index (χ0n) is 18.9. The molecular formula is C26H21Cl2N3O3S. The van der Waals surface area contributed by atoms with Crippen LogP contribution in [0.4, 0.5) is 5.13 Å². The maximum atomic E-state index is 14.1. The minimum absolute atomic E-state index is 0.344. The Kier molecular flexibility index (Phi) is 4.95. The summed E-state index contributed by atoms with van der Waals surface area (Å²) >= 11 is 16.2. The van der Waals surface area contributed by atoms with Gasteiger partial charge in [0.25, 0.3) is 0 Å². The van der Waals surface area contributed by atoms with E-state index in [1.54, 1.807) is 25.4 Å². The standard InChI is InChI=1S/C26H21Cl2N3O3S/c1-13(2)20(21(32)30-24-29-11-12-35-24)31-22(33)18-19(23(31)34)26(28)15-8-4-3-7-14(15)25(18,27)16-9-5-6-10-17(16)26/h3-13,18-20H,1-2H3,(H,29,30,32)/t18-,19+,20-,25?,26?/m0/s1. The first kappa shape index (κ1) is 22.7. The highest BCUT2D eigenvalue weighted by Crippen LogP contribution is 2.69. The Hall–Kier alpha value is -2.74. The van der Waals surface area contributed by atoms with Gasteiger partial charge in [0.05, 0.1) is 11.8 Å². The van der Waals surface area contributed by atoms with E-state index in [0.29, 0.717) is 5.13 Å². The second kappa shape index (κ2) is 7.63. The van der Waals surface area contributed by atoms with Crippen LogP contribution in [0.3, 0.4) is 0 Å². The summed E-state index contributed by atoms with van der Waals surface area (Å²) in [6, 6.07) is 13.9. The van der Waals surface area contributed by atoms with Gasteiger partial charge in [-0.3, -0.25) is 19.3 Å². The number of benzene rings is 2. The molecular weight excluding hydrogens is 505 g/mol. The Morgan fingerprint density at radius 2 is 1.40 bits per heavy atom. The molecule has 3 aliphatic carbocycles. The quantitative estimate of drug-likeness (QED) is 0.395. The predicted octanol–water partition coefficient (Wildman–Crippen LogP) is 4.70. The molecule has 3 aromatic rings. The monoisotopic (exact) mass is 525 g/mol. The van der Waals surface area contributed by atoms with Gasteiger partial charge in [-0.05, 0) is 28.2 Å². The molecule has 0 saturated carbocycles. The highest BCUT2D eigenvalue weighted by molar-refractivity contribution is 7.13. The fraction of sp³-hybridized carbons (Fsp3) is 0.308. The Balaban J connectivity index is 1.52. The summed E-state index contributed by atoms with van der Waals surface area (Å²) in [7, 11) is 0. The minimum Gasteiger partial charge on any atom is -0.300 e. The van der Waals surface area contributed by atoms with Crippen molar-refractivity contribution >= 4 is 57.4 Å². The normalized spacial score (nSPS) is 29.1. The highest BCUT2D eigenvalue weighted by Gasteiger charge is 2.73. The number of likely N-dealkylation sites (tertiary alicyclic amines) is 1. The van der Waals surface area contributed by atoms with Gasteiger partial charge < -0.3 is 5.32 Å². The summed E-state index contributed by atoms with van der Waals surface area (Å²) in [4.78, 5) is 44.3. The van der Waals surface area contributed by atoms with E-state index in [4.69, 9.17) is 23.2 Å². The zero-order chi connectivity index (χ0) is 24.7. The van der Waals surface area contributed by atoms with E-state index in [-0.39, 0.29) is 5.92 Å². The number of rotatable bonds is 4. The number of nitrogens with zero attached hydrogens (tertiary/aromatic N) is 2. The lowest BCUT2D eigenvalue weighted by Gasteiger charge is -2.54. The number of alkyl halides is 2. The summed E-state index contributed by atoms with van der Waals surface area (Å²) in [6.07, 6.45) is 1.58. The number of thiazole rings is 1. The Bertz CT molecular complexity index is 1270. The molecule has 0 spiro atoms. The van der Waals surface area contributed by atoms with Crippen LogP contribution in [-0.4, -0.2) is 33.6 Å². The van der Waals surface area contributed by atoms with E-state index >= 15 is 0 Å². The van der Waals surface area contributed by atoms with E-state index in [2.05, 4.69) is 10.3 Å². The Morgan fingerprint density at radius 3 is 1.77 bits per heavy atom. The average Bonchev–Trinajstić information content (AvgIpc) is 3.44.